The monoisotopic (exact) mass is 238 g/mol. The largest absolute Gasteiger partial charge is 0.396 e. The highest BCUT2D eigenvalue weighted by atomic mass is 35.5. The lowest BCUT2D eigenvalue weighted by Crippen LogP contribution is -2.29. The van der Waals surface area contributed by atoms with Gasteiger partial charge >= 0.3 is 0 Å². The first-order chi connectivity index (χ1) is 7.58. The zero-order valence-electron chi connectivity index (χ0n) is 9.44. The topological polar surface area (TPSA) is 65.9 Å². The van der Waals surface area contributed by atoms with Crippen LogP contribution >= 0.6 is 11.6 Å². The second-order valence-electron chi connectivity index (χ2n) is 3.64. The maximum atomic E-state index is 8.79. The summed E-state index contributed by atoms with van der Waals surface area (Å²) in [5.74, 6) is 0.630. The van der Waals surface area contributed by atoms with Crippen LogP contribution in [0.2, 0.25) is 5.02 Å². The number of rotatable bonds is 4. The number of halogens is 1. The van der Waals surface area contributed by atoms with Gasteiger partial charge in [-0.25, -0.2) is 4.98 Å². The van der Waals surface area contributed by atoms with Gasteiger partial charge in [-0.2, -0.15) is 5.26 Å². The lowest BCUT2D eigenvalue weighted by molar-refractivity contribution is 0.680. The number of aromatic nitrogens is 1. The van der Waals surface area contributed by atoms with E-state index in [9.17, 15) is 0 Å². The zero-order valence-corrected chi connectivity index (χ0v) is 10.2. The van der Waals surface area contributed by atoms with Crippen molar-refractivity contribution in [2.75, 3.05) is 23.7 Å². The van der Waals surface area contributed by atoms with Crippen molar-refractivity contribution < 1.29 is 0 Å². The molecule has 16 heavy (non-hydrogen) atoms. The van der Waals surface area contributed by atoms with Crippen LogP contribution in [0.15, 0.2) is 12.3 Å². The van der Waals surface area contributed by atoms with Crippen LogP contribution in [0.4, 0.5) is 11.5 Å². The summed E-state index contributed by atoms with van der Waals surface area (Å²) in [6.45, 7) is 5.24. The maximum absolute atomic E-state index is 8.79. The highest BCUT2D eigenvalue weighted by molar-refractivity contribution is 6.30. The third-order valence-electron chi connectivity index (χ3n) is 2.26. The van der Waals surface area contributed by atoms with Crippen LogP contribution in [-0.4, -0.2) is 18.1 Å². The average molecular weight is 239 g/mol. The minimum absolute atomic E-state index is 0.0585. The van der Waals surface area contributed by atoms with E-state index in [1.807, 2.05) is 18.7 Å². The van der Waals surface area contributed by atoms with Gasteiger partial charge in [0.25, 0.3) is 0 Å². The van der Waals surface area contributed by atoms with Crippen LogP contribution < -0.4 is 10.6 Å². The molecule has 1 atom stereocenters. The molecule has 1 rings (SSSR count). The molecule has 86 valence electrons. The molecule has 0 aliphatic heterocycles. The van der Waals surface area contributed by atoms with Crippen molar-refractivity contribution in [3.05, 3.63) is 17.3 Å². The minimum atomic E-state index is -0.0585. The minimum Gasteiger partial charge on any atom is -0.396 e. The fraction of sp³-hybridized carbons (Fsp3) is 0.455. The van der Waals surface area contributed by atoms with Gasteiger partial charge in [0.1, 0.15) is 0 Å². The van der Waals surface area contributed by atoms with Crippen molar-refractivity contribution in [1.29, 1.82) is 5.26 Å². The molecule has 0 bridgehead atoms. The first-order valence-corrected chi connectivity index (χ1v) is 5.51. The van der Waals surface area contributed by atoms with Gasteiger partial charge in [0, 0.05) is 19.3 Å². The number of hydrogen-bond donors (Lipinski definition) is 1. The van der Waals surface area contributed by atoms with E-state index in [4.69, 9.17) is 22.6 Å². The van der Waals surface area contributed by atoms with Crippen molar-refractivity contribution in [2.45, 2.75) is 13.8 Å². The number of nitrogens with two attached hydrogens (primary N) is 1. The fourth-order valence-electron chi connectivity index (χ4n) is 1.45. The van der Waals surface area contributed by atoms with Gasteiger partial charge in [-0.05, 0) is 19.9 Å². The Kier molecular flexibility index (Phi) is 4.39. The molecule has 1 aromatic heterocycles. The quantitative estimate of drug-likeness (QED) is 0.874. The SMILES string of the molecule is CCN(CC(C)C#N)c1ncc(Cl)cc1N. The van der Waals surface area contributed by atoms with E-state index in [1.54, 1.807) is 12.3 Å². The van der Waals surface area contributed by atoms with E-state index < -0.39 is 0 Å². The molecule has 0 saturated heterocycles. The Morgan fingerprint density at radius 2 is 2.38 bits per heavy atom. The highest BCUT2D eigenvalue weighted by Crippen LogP contribution is 2.23. The summed E-state index contributed by atoms with van der Waals surface area (Å²) in [4.78, 5) is 6.17. The molecule has 0 radical (unpaired) electrons. The normalized spacial score (nSPS) is 11.9. The fourth-order valence-corrected chi connectivity index (χ4v) is 1.62. The molecule has 0 aromatic carbocycles. The molecule has 0 aliphatic rings. The van der Waals surface area contributed by atoms with Gasteiger partial charge in [0.2, 0.25) is 0 Å². The highest BCUT2D eigenvalue weighted by Gasteiger charge is 2.13. The smallest absolute Gasteiger partial charge is 0.151 e. The van der Waals surface area contributed by atoms with Crippen LogP contribution in [0.1, 0.15) is 13.8 Å². The van der Waals surface area contributed by atoms with Gasteiger partial charge in [-0.3, -0.25) is 0 Å². The molecule has 0 aliphatic carbocycles. The van der Waals surface area contributed by atoms with Gasteiger partial charge < -0.3 is 10.6 Å². The molecule has 5 heteroatoms. The molecule has 0 saturated carbocycles. The standard InChI is InChI=1S/C11H15ClN4/c1-3-16(7-8(2)5-13)11-10(14)4-9(12)6-15-11/h4,6,8H,3,7,14H2,1-2H3. The van der Waals surface area contributed by atoms with Crippen molar-refractivity contribution in [3.8, 4) is 6.07 Å². The van der Waals surface area contributed by atoms with E-state index in [-0.39, 0.29) is 5.92 Å². The van der Waals surface area contributed by atoms with Crippen LogP contribution in [-0.2, 0) is 0 Å². The summed E-state index contributed by atoms with van der Waals surface area (Å²) in [5, 5.41) is 9.31. The van der Waals surface area contributed by atoms with Gasteiger partial charge in [0.15, 0.2) is 5.82 Å². The molecule has 0 amide bonds. The Morgan fingerprint density at radius 1 is 1.69 bits per heavy atom. The molecule has 0 fully saturated rings. The average Bonchev–Trinajstić information content (AvgIpc) is 2.26. The van der Waals surface area contributed by atoms with Crippen LogP contribution in [0.25, 0.3) is 0 Å². The van der Waals surface area contributed by atoms with Gasteiger partial charge in [-0.15, -0.1) is 0 Å². The number of hydrogen-bond acceptors (Lipinski definition) is 4. The summed E-state index contributed by atoms with van der Waals surface area (Å²) in [6.07, 6.45) is 1.56. The van der Waals surface area contributed by atoms with Crippen LogP contribution in [0.5, 0.6) is 0 Å². The van der Waals surface area contributed by atoms with E-state index in [0.29, 0.717) is 23.1 Å². The molecular formula is C11H15ClN4. The molecule has 1 unspecified atom stereocenters. The molecule has 1 aromatic rings. The number of anilines is 2. The predicted molar refractivity (Wildman–Crippen MR) is 66.3 cm³/mol. The lowest BCUT2D eigenvalue weighted by Gasteiger charge is -2.24. The Bertz CT molecular complexity index is 399. The predicted octanol–water partition coefficient (Wildman–Crippen LogP) is 2.30. The van der Waals surface area contributed by atoms with Crippen molar-refractivity contribution in [3.63, 3.8) is 0 Å². The number of pyridine rings is 1. The third kappa shape index (κ3) is 3.01. The van der Waals surface area contributed by atoms with Crippen molar-refractivity contribution in [1.82, 2.24) is 4.98 Å². The molecule has 4 nitrogen and oxygen atoms in total. The van der Waals surface area contributed by atoms with E-state index >= 15 is 0 Å². The zero-order chi connectivity index (χ0) is 12.1. The third-order valence-corrected chi connectivity index (χ3v) is 2.46. The molecule has 0 spiro atoms. The van der Waals surface area contributed by atoms with E-state index in [0.717, 1.165) is 6.54 Å². The summed E-state index contributed by atoms with van der Waals surface area (Å²) in [6, 6.07) is 3.86. The van der Waals surface area contributed by atoms with Crippen LogP contribution in [0.3, 0.4) is 0 Å². The molecule has 1 heterocycles. The number of nitrogen functional groups attached to an aromatic ring is 1. The Labute approximate surface area is 101 Å². The van der Waals surface area contributed by atoms with Crippen molar-refractivity contribution >= 4 is 23.1 Å². The van der Waals surface area contributed by atoms with Gasteiger partial charge in [0.05, 0.1) is 22.7 Å². The van der Waals surface area contributed by atoms with Gasteiger partial charge in [-0.1, -0.05) is 11.6 Å². The van der Waals surface area contributed by atoms with Crippen LogP contribution in [0, 0.1) is 17.2 Å². The number of nitriles is 1. The van der Waals surface area contributed by atoms with E-state index in [2.05, 4.69) is 11.1 Å². The maximum Gasteiger partial charge on any atom is 0.151 e. The Balaban J connectivity index is 2.91. The lowest BCUT2D eigenvalue weighted by atomic mass is 10.2. The Morgan fingerprint density at radius 3 is 2.88 bits per heavy atom. The first-order valence-electron chi connectivity index (χ1n) is 5.14. The Hall–Kier alpha value is -1.47. The van der Waals surface area contributed by atoms with E-state index in [1.165, 1.54) is 0 Å². The molecule has 2 N–H and O–H groups in total. The molecular weight excluding hydrogens is 224 g/mol. The summed E-state index contributed by atoms with van der Waals surface area (Å²) in [7, 11) is 0. The second kappa shape index (κ2) is 5.57. The summed E-state index contributed by atoms with van der Waals surface area (Å²) < 4.78 is 0. The second-order valence-corrected chi connectivity index (χ2v) is 4.07. The van der Waals surface area contributed by atoms with Crippen molar-refractivity contribution in [2.24, 2.45) is 5.92 Å². The summed E-state index contributed by atoms with van der Waals surface area (Å²) >= 11 is 5.78. The first kappa shape index (κ1) is 12.6. The number of nitrogens with zero attached hydrogens (tertiary/aromatic N) is 3. The summed E-state index contributed by atoms with van der Waals surface area (Å²) in [5.41, 5.74) is 6.38.